The molecule has 0 bridgehead atoms. The summed E-state index contributed by atoms with van der Waals surface area (Å²) in [6.45, 7) is 4.46. The molecule has 2 heterocycles. The van der Waals surface area contributed by atoms with Crippen LogP contribution in [0, 0.1) is 0 Å². The SMILES string of the molecule is CCOc1ccc(B2N=c3/c(=C4/C(=O)C(c5ccc6cccc7c6c5NB(c5ccc(OCC)cc5)N7)=C4O)ccc4cccc(c34)N2)cc1. The fraction of sp³-hybridized carbons (Fsp3) is 0.100. The number of carbonyl (C=O) groups excluding carboxylic acids is 1. The van der Waals surface area contributed by atoms with Crippen molar-refractivity contribution < 1.29 is 19.4 Å². The summed E-state index contributed by atoms with van der Waals surface area (Å²) >= 11 is 0. The number of ketones is 1. The Bertz CT molecular complexity index is 2540. The monoisotopic (exact) mass is 654 g/mol. The first-order chi connectivity index (χ1) is 24.5. The van der Waals surface area contributed by atoms with Crippen LogP contribution < -0.4 is 46.7 Å². The number of ether oxygens (including phenoxy) is 2. The number of anilines is 3. The molecule has 4 N–H and O–H groups in total. The number of Topliss-reactive ketones (excluding diaryl/α,β-unsaturated/α-hetero) is 1. The van der Waals surface area contributed by atoms with Crippen LogP contribution in [0.5, 0.6) is 11.5 Å². The van der Waals surface area contributed by atoms with Gasteiger partial charge >= 0.3 is 14.0 Å². The normalized spacial score (nSPS) is 15.6. The maximum atomic E-state index is 14.3. The van der Waals surface area contributed by atoms with Gasteiger partial charge in [-0.25, -0.2) is 0 Å². The van der Waals surface area contributed by atoms with E-state index in [4.69, 9.17) is 14.4 Å². The molecule has 0 atom stereocenters. The van der Waals surface area contributed by atoms with Gasteiger partial charge in [0.1, 0.15) is 17.3 Å². The highest BCUT2D eigenvalue weighted by molar-refractivity contribution is 6.80. The van der Waals surface area contributed by atoms with Crippen molar-refractivity contribution in [3.05, 3.63) is 131 Å². The van der Waals surface area contributed by atoms with Crippen molar-refractivity contribution in [2.24, 2.45) is 4.90 Å². The van der Waals surface area contributed by atoms with E-state index in [0.717, 1.165) is 61.0 Å². The molecule has 6 aromatic rings. The van der Waals surface area contributed by atoms with E-state index < -0.39 is 0 Å². The molecule has 10 heteroatoms. The van der Waals surface area contributed by atoms with Crippen LogP contribution in [0.3, 0.4) is 0 Å². The Hall–Kier alpha value is -6.15. The molecule has 0 radical (unpaired) electrons. The lowest BCUT2D eigenvalue weighted by molar-refractivity contribution is -0.109. The lowest BCUT2D eigenvalue weighted by Crippen LogP contribution is -2.48. The zero-order valence-electron chi connectivity index (χ0n) is 27.6. The van der Waals surface area contributed by atoms with E-state index in [0.29, 0.717) is 34.9 Å². The van der Waals surface area contributed by atoms with E-state index in [1.54, 1.807) is 0 Å². The van der Waals surface area contributed by atoms with Gasteiger partial charge in [0.15, 0.2) is 0 Å². The summed E-state index contributed by atoms with van der Waals surface area (Å²) in [5.74, 6) is 1.36. The van der Waals surface area contributed by atoms with E-state index in [-0.39, 0.29) is 31.1 Å². The molecule has 0 amide bonds. The molecule has 0 aromatic heterocycles. The summed E-state index contributed by atoms with van der Waals surface area (Å²) in [4.78, 5) is 19.5. The molecule has 242 valence electrons. The molecule has 1 aliphatic carbocycles. The van der Waals surface area contributed by atoms with Crippen LogP contribution >= 0.6 is 0 Å². The van der Waals surface area contributed by atoms with E-state index >= 15 is 0 Å². The Balaban J connectivity index is 1.18. The fourth-order valence-electron chi connectivity index (χ4n) is 7.38. The minimum Gasteiger partial charge on any atom is -0.506 e. The van der Waals surface area contributed by atoms with Gasteiger partial charge in [0, 0.05) is 38.6 Å². The highest BCUT2D eigenvalue weighted by Crippen LogP contribution is 2.45. The maximum Gasteiger partial charge on any atom is 0.427 e. The standard InChI is InChI=1S/C40H32B2N4O4/c1-3-49-27-17-13-25(14-18-27)41-43-31-9-5-7-23-11-21-29(37(45-41)33(23)31)35-39(47)36(40(35)48)30-22-12-24-8-6-10-32-34(24)38(30)46-42(44-32)26-15-19-28(20-16-26)50-4-2/h5-22,43-45,47H,3-4H2,1-2H3/b36-30+. The van der Waals surface area contributed by atoms with Gasteiger partial charge in [-0.1, -0.05) is 72.8 Å². The van der Waals surface area contributed by atoms with Crippen molar-refractivity contribution in [3.63, 3.8) is 0 Å². The van der Waals surface area contributed by atoms with Gasteiger partial charge in [-0.2, -0.15) is 0 Å². The third-order valence-corrected chi connectivity index (χ3v) is 9.70. The third-order valence-electron chi connectivity index (χ3n) is 9.70. The van der Waals surface area contributed by atoms with E-state index in [1.807, 2.05) is 117 Å². The molecule has 0 saturated carbocycles. The number of carbonyl (C=O) groups is 1. The molecule has 2 aliphatic heterocycles. The molecule has 0 unspecified atom stereocenters. The van der Waals surface area contributed by atoms with Crippen molar-refractivity contribution in [2.45, 2.75) is 13.8 Å². The van der Waals surface area contributed by atoms with Gasteiger partial charge in [-0.15, -0.1) is 0 Å². The van der Waals surface area contributed by atoms with Crippen LogP contribution in [0.15, 0.2) is 120 Å². The molecule has 9 rings (SSSR count). The molecule has 0 spiro atoms. The van der Waals surface area contributed by atoms with E-state index in [2.05, 4.69) is 21.7 Å². The van der Waals surface area contributed by atoms with Crippen LogP contribution in [-0.4, -0.2) is 38.1 Å². The minimum atomic E-state index is -0.383. The Morgan fingerprint density at radius 3 is 1.94 bits per heavy atom. The van der Waals surface area contributed by atoms with Crippen molar-refractivity contribution >= 4 is 80.4 Å². The molecule has 50 heavy (non-hydrogen) atoms. The molecular weight excluding hydrogens is 622 g/mol. The van der Waals surface area contributed by atoms with Crippen LogP contribution in [-0.2, 0) is 4.79 Å². The number of hydrogen-bond acceptors (Lipinski definition) is 8. The molecule has 6 aromatic carbocycles. The number of nitrogens with one attached hydrogen (secondary N) is 3. The van der Waals surface area contributed by atoms with Gasteiger partial charge in [0.2, 0.25) is 5.78 Å². The third kappa shape index (κ3) is 4.70. The van der Waals surface area contributed by atoms with Crippen LogP contribution in [0.1, 0.15) is 19.4 Å². The highest BCUT2D eigenvalue weighted by Gasteiger charge is 2.39. The Kier molecular flexibility index (Phi) is 7.05. The second kappa shape index (κ2) is 11.8. The summed E-state index contributed by atoms with van der Waals surface area (Å²) < 4.78 is 11.3. The molecule has 0 fully saturated rings. The Labute approximate surface area is 289 Å². The zero-order valence-corrected chi connectivity index (χ0v) is 27.6. The Morgan fingerprint density at radius 1 is 0.660 bits per heavy atom. The summed E-state index contributed by atoms with van der Waals surface area (Å²) in [5.41, 5.74) is 5.89. The lowest BCUT2D eigenvalue weighted by atomic mass is 9.65. The summed E-state index contributed by atoms with van der Waals surface area (Å²) in [6, 6.07) is 35.8. The molecule has 0 saturated heterocycles. The number of aliphatic hydroxyl groups excluding tert-OH is 1. The average molecular weight is 654 g/mol. The molecule has 3 aliphatic rings. The van der Waals surface area contributed by atoms with Crippen molar-refractivity contribution in [1.82, 2.24) is 0 Å². The number of benzene rings is 6. The lowest BCUT2D eigenvalue weighted by Gasteiger charge is -2.31. The number of rotatable bonds is 7. The number of hydrogen-bond donors (Lipinski definition) is 4. The first-order valence-electron chi connectivity index (χ1n) is 17.0. The minimum absolute atomic E-state index is 0.0273. The predicted octanol–water partition coefficient (Wildman–Crippen LogP) is 5.17. The maximum absolute atomic E-state index is 14.3. The summed E-state index contributed by atoms with van der Waals surface area (Å²) in [7, 11) is 0. The molecular formula is C40H32B2N4O4. The van der Waals surface area contributed by atoms with Gasteiger partial charge in [0.25, 0.3) is 0 Å². The van der Waals surface area contributed by atoms with E-state index in [9.17, 15) is 9.90 Å². The zero-order chi connectivity index (χ0) is 33.9. The van der Waals surface area contributed by atoms with Crippen LogP contribution in [0.4, 0.5) is 17.1 Å². The highest BCUT2D eigenvalue weighted by atomic mass is 16.5. The Morgan fingerprint density at radius 2 is 1.28 bits per heavy atom. The first kappa shape index (κ1) is 29.9. The van der Waals surface area contributed by atoms with Crippen molar-refractivity contribution in [1.29, 1.82) is 0 Å². The second-order valence-electron chi connectivity index (χ2n) is 12.6. The number of allylic oxidation sites excluding steroid dienone is 2. The van der Waals surface area contributed by atoms with Gasteiger partial charge < -0.3 is 35.2 Å². The van der Waals surface area contributed by atoms with Gasteiger partial charge in [-0.3, -0.25) is 4.79 Å². The van der Waals surface area contributed by atoms with Crippen molar-refractivity contribution in [3.8, 4) is 11.5 Å². The number of nitrogens with zero attached hydrogens (tertiary/aromatic N) is 1. The smallest absolute Gasteiger partial charge is 0.427 e. The van der Waals surface area contributed by atoms with Crippen LogP contribution in [0.25, 0.3) is 32.7 Å². The number of aliphatic hydroxyl groups is 1. The van der Waals surface area contributed by atoms with Crippen LogP contribution in [0.2, 0.25) is 0 Å². The van der Waals surface area contributed by atoms with Gasteiger partial charge in [-0.05, 0) is 71.9 Å². The van der Waals surface area contributed by atoms with Crippen molar-refractivity contribution in [2.75, 3.05) is 28.9 Å². The second-order valence-corrected chi connectivity index (χ2v) is 12.6. The van der Waals surface area contributed by atoms with Gasteiger partial charge in [0.05, 0.1) is 29.7 Å². The summed E-state index contributed by atoms with van der Waals surface area (Å²) in [5, 5.41) is 27.9. The predicted molar refractivity (Wildman–Crippen MR) is 204 cm³/mol. The first-order valence-corrected chi connectivity index (χ1v) is 17.0. The van der Waals surface area contributed by atoms with E-state index in [1.165, 1.54) is 0 Å². The average Bonchev–Trinajstić information content (AvgIpc) is 3.14. The topological polar surface area (TPSA) is 104 Å². The largest absolute Gasteiger partial charge is 0.506 e. The quantitative estimate of drug-likeness (QED) is 0.176. The summed E-state index contributed by atoms with van der Waals surface area (Å²) in [6.07, 6.45) is 0. The fourth-order valence-corrected chi connectivity index (χ4v) is 7.38. The molecule has 8 nitrogen and oxygen atoms in total.